The summed E-state index contributed by atoms with van der Waals surface area (Å²) in [5.74, 6) is -1.25. The van der Waals surface area contributed by atoms with E-state index in [1.807, 2.05) is 30.3 Å². The first-order valence-electron chi connectivity index (χ1n) is 8.07. The molecular formula is C21H16ClNO4. The third-order valence-electron chi connectivity index (χ3n) is 3.97. The maximum absolute atomic E-state index is 12.9. The van der Waals surface area contributed by atoms with Gasteiger partial charge in [0.05, 0.1) is 23.3 Å². The van der Waals surface area contributed by atoms with Crippen molar-refractivity contribution in [3.05, 3.63) is 88.4 Å². The highest BCUT2D eigenvalue weighted by atomic mass is 35.5. The molecule has 0 aromatic heterocycles. The van der Waals surface area contributed by atoms with Gasteiger partial charge in [0.2, 0.25) is 0 Å². The van der Waals surface area contributed by atoms with Crippen LogP contribution in [0, 0.1) is 0 Å². The van der Waals surface area contributed by atoms with Crippen LogP contribution in [0.5, 0.6) is 5.75 Å². The minimum absolute atomic E-state index is 0.00219. The molecule has 0 saturated heterocycles. The summed E-state index contributed by atoms with van der Waals surface area (Å²) in [4.78, 5) is 24.1. The Kier molecular flexibility index (Phi) is 5.43. The number of hydrogen-bond donors (Lipinski definition) is 2. The van der Waals surface area contributed by atoms with Gasteiger partial charge in [-0.1, -0.05) is 29.8 Å². The maximum Gasteiger partial charge on any atom is 0.335 e. The molecule has 3 aromatic carbocycles. The van der Waals surface area contributed by atoms with Crippen LogP contribution in [0.1, 0.15) is 26.3 Å². The van der Waals surface area contributed by atoms with Crippen molar-refractivity contribution in [3.63, 3.8) is 0 Å². The van der Waals surface area contributed by atoms with Crippen LogP contribution in [0.4, 0.5) is 11.4 Å². The second-order valence-electron chi connectivity index (χ2n) is 5.73. The highest BCUT2D eigenvalue weighted by Gasteiger charge is 2.19. The lowest BCUT2D eigenvalue weighted by Crippen LogP contribution is -2.07. The van der Waals surface area contributed by atoms with Gasteiger partial charge < -0.3 is 15.2 Å². The van der Waals surface area contributed by atoms with Crippen molar-refractivity contribution in [2.24, 2.45) is 0 Å². The summed E-state index contributed by atoms with van der Waals surface area (Å²) in [5.41, 5.74) is 2.02. The molecule has 0 amide bonds. The van der Waals surface area contributed by atoms with E-state index in [1.165, 1.54) is 25.3 Å². The number of carbonyl (C=O) groups is 2. The van der Waals surface area contributed by atoms with Crippen LogP contribution in [-0.2, 0) is 0 Å². The smallest absolute Gasteiger partial charge is 0.335 e. The van der Waals surface area contributed by atoms with Gasteiger partial charge in [-0.15, -0.1) is 0 Å². The predicted octanol–water partition coefficient (Wildman–Crippen LogP) is 5.02. The number of nitrogens with one attached hydrogen (secondary N) is 1. The van der Waals surface area contributed by atoms with Crippen LogP contribution in [0.3, 0.4) is 0 Å². The Hall–Kier alpha value is -3.31. The topological polar surface area (TPSA) is 75.6 Å². The number of carbonyl (C=O) groups excluding carboxylic acids is 1. The molecule has 0 aliphatic rings. The third-order valence-corrected chi connectivity index (χ3v) is 4.28. The average molecular weight is 382 g/mol. The van der Waals surface area contributed by atoms with E-state index in [9.17, 15) is 9.59 Å². The Bertz CT molecular complexity index is 1000. The summed E-state index contributed by atoms with van der Waals surface area (Å²) in [7, 11) is 1.42. The minimum Gasteiger partial charge on any atom is -0.496 e. The monoisotopic (exact) mass is 381 g/mol. The number of anilines is 2. The molecule has 0 aliphatic carbocycles. The molecule has 2 N–H and O–H groups in total. The quantitative estimate of drug-likeness (QED) is 0.586. The van der Waals surface area contributed by atoms with Gasteiger partial charge in [0, 0.05) is 16.9 Å². The number of aromatic carboxylic acids is 1. The van der Waals surface area contributed by atoms with Crippen molar-refractivity contribution in [1.29, 1.82) is 0 Å². The summed E-state index contributed by atoms with van der Waals surface area (Å²) in [6.07, 6.45) is 0. The predicted molar refractivity (Wildman–Crippen MR) is 105 cm³/mol. The van der Waals surface area contributed by atoms with Gasteiger partial charge in [0.25, 0.3) is 0 Å². The molecule has 0 bridgehead atoms. The van der Waals surface area contributed by atoms with Gasteiger partial charge in [0.15, 0.2) is 5.78 Å². The van der Waals surface area contributed by atoms with Gasteiger partial charge in [-0.3, -0.25) is 4.79 Å². The van der Waals surface area contributed by atoms with Crippen LogP contribution in [-0.4, -0.2) is 24.0 Å². The van der Waals surface area contributed by atoms with E-state index in [-0.39, 0.29) is 27.5 Å². The summed E-state index contributed by atoms with van der Waals surface area (Å²) >= 11 is 6.32. The van der Waals surface area contributed by atoms with Crippen LogP contribution >= 0.6 is 11.6 Å². The fraction of sp³-hybridized carbons (Fsp3) is 0.0476. The third kappa shape index (κ3) is 4.10. The molecule has 27 heavy (non-hydrogen) atoms. The van der Waals surface area contributed by atoms with Crippen LogP contribution in [0.25, 0.3) is 0 Å². The highest BCUT2D eigenvalue weighted by Crippen LogP contribution is 2.29. The fourth-order valence-corrected chi connectivity index (χ4v) is 2.90. The second kappa shape index (κ2) is 7.93. The lowest BCUT2D eigenvalue weighted by molar-refractivity contribution is 0.0697. The van der Waals surface area contributed by atoms with E-state index in [0.717, 1.165) is 11.4 Å². The molecule has 6 heteroatoms. The molecular weight excluding hydrogens is 366 g/mol. The summed E-state index contributed by atoms with van der Waals surface area (Å²) < 4.78 is 5.20. The molecule has 0 heterocycles. The Morgan fingerprint density at radius 2 is 1.67 bits per heavy atom. The van der Waals surface area contributed by atoms with Gasteiger partial charge in [-0.05, 0) is 48.5 Å². The molecule has 136 valence electrons. The van der Waals surface area contributed by atoms with Crippen molar-refractivity contribution in [3.8, 4) is 5.75 Å². The van der Waals surface area contributed by atoms with Gasteiger partial charge in [-0.25, -0.2) is 4.79 Å². The number of carboxylic acid groups (broad SMARTS) is 1. The minimum atomic E-state index is -1.12. The van der Waals surface area contributed by atoms with E-state index >= 15 is 0 Å². The number of benzene rings is 3. The lowest BCUT2D eigenvalue weighted by atomic mass is 9.99. The van der Waals surface area contributed by atoms with E-state index < -0.39 is 11.8 Å². The van der Waals surface area contributed by atoms with Crippen LogP contribution in [0.15, 0.2) is 66.7 Å². The molecule has 3 aromatic rings. The largest absolute Gasteiger partial charge is 0.496 e. The first kappa shape index (κ1) is 18.5. The van der Waals surface area contributed by atoms with Gasteiger partial charge in [0.1, 0.15) is 5.75 Å². The molecule has 0 atom stereocenters. The summed E-state index contributed by atoms with van der Waals surface area (Å²) in [6, 6.07) is 18.7. The molecule has 0 radical (unpaired) electrons. The SMILES string of the molecule is COc1ccc(C(=O)O)cc1C(=O)c1ccc(Nc2ccccc2)cc1Cl. The van der Waals surface area contributed by atoms with Crippen LogP contribution < -0.4 is 10.1 Å². The van der Waals surface area contributed by atoms with Crippen molar-refractivity contribution in [2.75, 3.05) is 12.4 Å². The van der Waals surface area contributed by atoms with Gasteiger partial charge in [-0.2, -0.15) is 0 Å². The number of halogens is 1. The Balaban J connectivity index is 1.93. The molecule has 0 unspecified atom stereocenters. The Labute approximate surface area is 161 Å². The summed E-state index contributed by atoms with van der Waals surface area (Å²) in [5, 5.41) is 12.6. The second-order valence-corrected chi connectivity index (χ2v) is 6.14. The zero-order chi connectivity index (χ0) is 19.4. The molecule has 5 nitrogen and oxygen atoms in total. The Morgan fingerprint density at radius 1 is 0.926 bits per heavy atom. The molecule has 0 spiro atoms. The number of rotatable bonds is 6. The van der Waals surface area contributed by atoms with Crippen molar-refractivity contribution in [2.45, 2.75) is 0 Å². The number of carboxylic acids is 1. The lowest BCUT2D eigenvalue weighted by Gasteiger charge is -2.12. The fourth-order valence-electron chi connectivity index (χ4n) is 2.63. The van der Waals surface area contributed by atoms with E-state index in [1.54, 1.807) is 18.2 Å². The molecule has 0 saturated carbocycles. The first-order chi connectivity index (χ1) is 13.0. The molecule has 3 rings (SSSR count). The normalized spacial score (nSPS) is 10.3. The zero-order valence-corrected chi connectivity index (χ0v) is 15.2. The number of hydrogen-bond acceptors (Lipinski definition) is 4. The molecule has 0 aliphatic heterocycles. The van der Waals surface area contributed by atoms with Gasteiger partial charge >= 0.3 is 5.97 Å². The number of methoxy groups -OCH3 is 1. The number of ether oxygens (including phenoxy) is 1. The van der Waals surface area contributed by atoms with E-state index in [2.05, 4.69) is 5.32 Å². The zero-order valence-electron chi connectivity index (χ0n) is 14.4. The Morgan fingerprint density at radius 3 is 2.30 bits per heavy atom. The van der Waals surface area contributed by atoms with E-state index in [4.69, 9.17) is 21.4 Å². The van der Waals surface area contributed by atoms with Crippen molar-refractivity contribution < 1.29 is 19.4 Å². The number of para-hydroxylation sites is 1. The maximum atomic E-state index is 12.9. The van der Waals surface area contributed by atoms with Crippen molar-refractivity contribution >= 4 is 34.7 Å². The van der Waals surface area contributed by atoms with Crippen molar-refractivity contribution in [1.82, 2.24) is 0 Å². The highest BCUT2D eigenvalue weighted by molar-refractivity contribution is 6.35. The number of ketones is 1. The standard InChI is InChI=1S/C21H16ClNO4/c1-27-19-10-7-13(21(25)26)11-17(19)20(24)16-9-8-15(12-18(16)22)23-14-5-3-2-4-6-14/h2-12,23H,1H3,(H,25,26). The van der Waals surface area contributed by atoms with Crippen LogP contribution in [0.2, 0.25) is 5.02 Å². The molecule has 0 fully saturated rings. The summed E-state index contributed by atoms with van der Waals surface area (Å²) in [6.45, 7) is 0. The average Bonchev–Trinajstić information content (AvgIpc) is 2.68. The van der Waals surface area contributed by atoms with E-state index in [0.29, 0.717) is 0 Å². The first-order valence-corrected chi connectivity index (χ1v) is 8.45.